The molecule has 2 nitrogen and oxygen atoms in total. The molecule has 1 saturated heterocycles. The van der Waals surface area contributed by atoms with Crippen molar-refractivity contribution in [3.05, 3.63) is 35.9 Å². The summed E-state index contributed by atoms with van der Waals surface area (Å²) in [6.45, 7) is 0. The normalized spacial score (nSPS) is 21.3. The molecule has 0 aliphatic carbocycles. The van der Waals surface area contributed by atoms with E-state index in [1.54, 1.807) is 23.9 Å². The molecule has 78 valence electrons. The van der Waals surface area contributed by atoms with Crippen LogP contribution in [0.3, 0.4) is 0 Å². The maximum Gasteiger partial charge on any atom is 0.174 e. The Hall–Kier alpha value is -1.09. The predicted molar refractivity (Wildman–Crippen MR) is 61.2 cm³/mol. The van der Waals surface area contributed by atoms with Crippen LogP contribution in [-0.2, 0) is 4.79 Å². The average molecular weight is 220 g/mol. The van der Waals surface area contributed by atoms with Crippen molar-refractivity contribution < 1.29 is 9.59 Å². The lowest BCUT2D eigenvalue weighted by Gasteiger charge is -2.18. The number of carbonyl (C=O) groups excluding carboxylic acids is 2. The zero-order valence-electron chi connectivity index (χ0n) is 8.31. The number of carbonyl (C=O) groups is 2. The smallest absolute Gasteiger partial charge is 0.174 e. The standard InChI is InChI=1S/C12H12O2S/c13-11-6-7-15-8-10(11)12(14)9-4-2-1-3-5-9/h1-5,10H,6-8H2. The number of Topliss-reactive ketones (excluding diaryl/α,β-unsaturated/α-hetero) is 2. The van der Waals surface area contributed by atoms with E-state index < -0.39 is 5.92 Å². The minimum absolute atomic E-state index is 0.0206. The van der Waals surface area contributed by atoms with Crippen molar-refractivity contribution in [1.82, 2.24) is 0 Å². The minimum Gasteiger partial charge on any atom is -0.299 e. The van der Waals surface area contributed by atoms with Crippen LogP contribution in [0.25, 0.3) is 0 Å². The maximum atomic E-state index is 12.0. The fourth-order valence-corrected chi connectivity index (χ4v) is 2.75. The van der Waals surface area contributed by atoms with Gasteiger partial charge in [-0.3, -0.25) is 9.59 Å². The maximum absolute atomic E-state index is 12.0. The van der Waals surface area contributed by atoms with E-state index in [9.17, 15) is 9.59 Å². The molecule has 15 heavy (non-hydrogen) atoms. The van der Waals surface area contributed by atoms with Crippen molar-refractivity contribution in [2.75, 3.05) is 11.5 Å². The molecule has 2 rings (SSSR count). The van der Waals surface area contributed by atoms with E-state index in [0.29, 0.717) is 17.7 Å². The average Bonchev–Trinajstić information content (AvgIpc) is 2.30. The second-order valence-electron chi connectivity index (χ2n) is 3.57. The fraction of sp³-hybridized carbons (Fsp3) is 0.333. The Balaban J connectivity index is 2.17. The number of thioether (sulfide) groups is 1. The van der Waals surface area contributed by atoms with Crippen LogP contribution < -0.4 is 0 Å². The molecule has 1 aromatic carbocycles. The Kier molecular flexibility index (Phi) is 3.21. The van der Waals surface area contributed by atoms with Gasteiger partial charge in [0.2, 0.25) is 0 Å². The topological polar surface area (TPSA) is 34.1 Å². The van der Waals surface area contributed by atoms with Crippen LogP contribution in [0.1, 0.15) is 16.8 Å². The summed E-state index contributed by atoms with van der Waals surface area (Å²) in [5.74, 6) is 1.17. The molecular formula is C12H12O2S. The lowest BCUT2D eigenvalue weighted by Crippen LogP contribution is -2.30. The van der Waals surface area contributed by atoms with Gasteiger partial charge in [-0.25, -0.2) is 0 Å². The first-order valence-corrected chi connectivity index (χ1v) is 6.14. The van der Waals surface area contributed by atoms with Crippen LogP contribution in [-0.4, -0.2) is 23.1 Å². The molecule has 1 unspecified atom stereocenters. The Morgan fingerprint density at radius 3 is 2.67 bits per heavy atom. The van der Waals surface area contributed by atoms with E-state index in [-0.39, 0.29) is 11.6 Å². The molecule has 0 spiro atoms. The molecule has 0 radical (unpaired) electrons. The summed E-state index contributed by atoms with van der Waals surface area (Å²) in [4.78, 5) is 23.6. The molecule has 1 fully saturated rings. The third-order valence-electron chi connectivity index (χ3n) is 2.54. The van der Waals surface area contributed by atoms with E-state index in [1.807, 2.05) is 18.2 Å². The molecule has 0 N–H and O–H groups in total. The largest absolute Gasteiger partial charge is 0.299 e. The summed E-state index contributed by atoms with van der Waals surface area (Å²) in [6, 6.07) is 9.07. The highest BCUT2D eigenvalue weighted by Gasteiger charge is 2.29. The van der Waals surface area contributed by atoms with Crippen molar-refractivity contribution in [1.29, 1.82) is 0 Å². The number of rotatable bonds is 2. The van der Waals surface area contributed by atoms with Gasteiger partial charge in [0.15, 0.2) is 5.78 Å². The van der Waals surface area contributed by atoms with Gasteiger partial charge in [-0.1, -0.05) is 30.3 Å². The zero-order valence-corrected chi connectivity index (χ0v) is 9.13. The molecule has 0 bridgehead atoms. The molecule has 1 aliphatic heterocycles. The molecular weight excluding hydrogens is 208 g/mol. The van der Waals surface area contributed by atoms with Crippen molar-refractivity contribution in [3.8, 4) is 0 Å². The van der Waals surface area contributed by atoms with Crippen molar-refractivity contribution in [2.24, 2.45) is 5.92 Å². The lowest BCUT2D eigenvalue weighted by atomic mass is 9.94. The van der Waals surface area contributed by atoms with Crippen LogP contribution in [0.5, 0.6) is 0 Å². The van der Waals surface area contributed by atoms with Crippen LogP contribution in [0.15, 0.2) is 30.3 Å². The van der Waals surface area contributed by atoms with Gasteiger partial charge in [-0.2, -0.15) is 11.8 Å². The number of hydrogen-bond acceptors (Lipinski definition) is 3. The Bertz CT molecular complexity index is 372. The number of ketones is 2. The van der Waals surface area contributed by atoms with E-state index in [4.69, 9.17) is 0 Å². The first kappa shape index (κ1) is 10.4. The van der Waals surface area contributed by atoms with Crippen LogP contribution in [0.4, 0.5) is 0 Å². The molecule has 1 aromatic rings. The summed E-state index contributed by atoms with van der Waals surface area (Å²) in [5, 5.41) is 0. The van der Waals surface area contributed by atoms with Crippen molar-refractivity contribution in [3.63, 3.8) is 0 Å². The van der Waals surface area contributed by atoms with Crippen molar-refractivity contribution >= 4 is 23.3 Å². The molecule has 1 atom stereocenters. The summed E-state index contributed by atoms with van der Waals surface area (Å²) in [5.41, 5.74) is 0.651. The van der Waals surface area contributed by atoms with Crippen LogP contribution in [0.2, 0.25) is 0 Å². The summed E-state index contributed by atoms with van der Waals surface area (Å²) >= 11 is 1.69. The summed E-state index contributed by atoms with van der Waals surface area (Å²) in [6.07, 6.45) is 0.536. The summed E-state index contributed by atoms with van der Waals surface area (Å²) < 4.78 is 0. The summed E-state index contributed by atoms with van der Waals surface area (Å²) in [7, 11) is 0. The fourth-order valence-electron chi connectivity index (χ4n) is 1.67. The quantitative estimate of drug-likeness (QED) is 0.566. The van der Waals surface area contributed by atoms with Gasteiger partial charge >= 0.3 is 0 Å². The molecule has 1 heterocycles. The number of hydrogen-bond donors (Lipinski definition) is 0. The first-order valence-electron chi connectivity index (χ1n) is 4.99. The van der Waals surface area contributed by atoms with Gasteiger partial charge in [-0.05, 0) is 0 Å². The second kappa shape index (κ2) is 4.62. The number of benzene rings is 1. The Morgan fingerprint density at radius 2 is 2.00 bits per heavy atom. The second-order valence-corrected chi connectivity index (χ2v) is 4.72. The van der Waals surface area contributed by atoms with Gasteiger partial charge in [-0.15, -0.1) is 0 Å². The van der Waals surface area contributed by atoms with Gasteiger partial charge in [0.25, 0.3) is 0 Å². The Labute approximate surface area is 93.1 Å². The van der Waals surface area contributed by atoms with Gasteiger partial charge in [0, 0.05) is 23.5 Å². The Morgan fingerprint density at radius 1 is 1.27 bits per heavy atom. The third-order valence-corrected chi connectivity index (χ3v) is 3.60. The highest BCUT2D eigenvalue weighted by molar-refractivity contribution is 7.99. The van der Waals surface area contributed by atoms with Gasteiger partial charge < -0.3 is 0 Å². The van der Waals surface area contributed by atoms with E-state index >= 15 is 0 Å². The first-order chi connectivity index (χ1) is 7.29. The van der Waals surface area contributed by atoms with E-state index in [0.717, 1.165) is 5.75 Å². The van der Waals surface area contributed by atoms with E-state index in [2.05, 4.69) is 0 Å². The van der Waals surface area contributed by atoms with Gasteiger partial charge in [0.1, 0.15) is 5.78 Å². The SMILES string of the molecule is O=C1CCSCC1C(=O)c1ccccc1. The van der Waals surface area contributed by atoms with Crippen LogP contribution >= 0.6 is 11.8 Å². The van der Waals surface area contributed by atoms with Gasteiger partial charge in [0.05, 0.1) is 5.92 Å². The minimum atomic E-state index is -0.411. The lowest BCUT2D eigenvalue weighted by molar-refractivity contribution is -0.120. The molecule has 0 saturated carbocycles. The zero-order chi connectivity index (χ0) is 10.7. The highest BCUT2D eigenvalue weighted by Crippen LogP contribution is 2.23. The molecule has 0 aromatic heterocycles. The molecule has 3 heteroatoms. The van der Waals surface area contributed by atoms with Crippen molar-refractivity contribution in [2.45, 2.75) is 6.42 Å². The highest BCUT2D eigenvalue weighted by atomic mass is 32.2. The third kappa shape index (κ3) is 2.29. The predicted octanol–water partition coefficient (Wildman–Crippen LogP) is 2.19. The van der Waals surface area contributed by atoms with Crippen LogP contribution in [0, 0.1) is 5.92 Å². The van der Waals surface area contributed by atoms with E-state index in [1.165, 1.54) is 0 Å². The monoisotopic (exact) mass is 220 g/mol. The molecule has 0 amide bonds. The molecule has 1 aliphatic rings.